The van der Waals surface area contributed by atoms with Crippen LogP contribution in [0.4, 0.5) is 0 Å². The van der Waals surface area contributed by atoms with Crippen LogP contribution in [0.15, 0.2) is 91.3 Å². The number of benzene rings is 4. The quantitative estimate of drug-likeness (QED) is 0.238. The Hall–Kier alpha value is -4.18. The third-order valence-corrected chi connectivity index (χ3v) is 5.65. The lowest BCUT2D eigenvalue weighted by Gasteiger charge is -2.14. The fourth-order valence-electron chi connectivity index (χ4n) is 4.25. The van der Waals surface area contributed by atoms with E-state index in [1.54, 1.807) is 19.5 Å². The molecule has 4 aromatic carbocycles. The number of fused-ring (bicyclic) bond motifs is 2. The molecule has 150 valence electrons. The van der Waals surface area contributed by atoms with Gasteiger partial charge in [0.05, 0.1) is 23.6 Å². The first-order valence-electron chi connectivity index (χ1n) is 9.98. The maximum Gasteiger partial charge on any atom is 0.230 e. The number of hydrogen-bond donors (Lipinski definition) is 1. The molecule has 1 heterocycles. The Balaban J connectivity index is 1.85. The molecule has 1 N–H and O–H groups in total. The van der Waals surface area contributed by atoms with Gasteiger partial charge in [-0.3, -0.25) is 10.0 Å². The maximum absolute atomic E-state index is 11.6. The molecule has 0 saturated heterocycles. The number of ether oxygens (including phenoxy) is 1. The lowest BCUT2D eigenvalue weighted by molar-refractivity contribution is -0.903. The first-order valence-corrected chi connectivity index (χ1v) is 9.98. The molecule has 0 unspecified atom stereocenters. The van der Waals surface area contributed by atoms with Gasteiger partial charge < -0.3 is 4.74 Å². The third kappa shape index (κ3) is 3.19. The minimum absolute atomic E-state index is 0.507. The van der Waals surface area contributed by atoms with E-state index in [1.165, 1.54) is 0 Å². The van der Waals surface area contributed by atoms with Gasteiger partial charge in [-0.25, -0.2) is 0 Å². The van der Waals surface area contributed by atoms with Gasteiger partial charge in [-0.1, -0.05) is 60.7 Å². The number of methoxy groups -OCH3 is 1. The Labute approximate surface area is 179 Å². The molecule has 0 fully saturated rings. The van der Waals surface area contributed by atoms with Crippen LogP contribution >= 0.6 is 0 Å². The van der Waals surface area contributed by atoms with E-state index in [9.17, 15) is 10.0 Å². The second-order valence-electron chi connectivity index (χ2n) is 7.42. The molecule has 0 aliphatic carbocycles. The Morgan fingerprint density at radius 3 is 2.32 bits per heavy atom. The number of carbonyl (C=O) groups is 1. The zero-order chi connectivity index (χ0) is 21.4. The zero-order valence-electron chi connectivity index (χ0n) is 16.9. The molecule has 0 aliphatic heterocycles. The smallest absolute Gasteiger partial charge is 0.230 e. The molecular weight excluding hydrogens is 386 g/mol. The fraction of sp³-hybridized carbons (Fsp3) is 0.0370. The van der Waals surface area contributed by atoms with Crippen LogP contribution in [0.25, 0.3) is 43.8 Å². The highest BCUT2D eigenvalue weighted by atomic mass is 16.5. The van der Waals surface area contributed by atoms with Crippen molar-refractivity contribution in [2.75, 3.05) is 7.11 Å². The molecule has 0 bridgehead atoms. The third-order valence-electron chi connectivity index (χ3n) is 5.65. The molecule has 5 aromatic rings. The van der Waals surface area contributed by atoms with Crippen LogP contribution in [0.5, 0.6) is 5.75 Å². The van der Waals surface area contributed by atoms with E-state index >= 15 is 0 Å². The van der Waals surface area contributed by atoms with Crippen LogP contribution in [0, 0.1) is 0 Å². The van der Waals surface area contributed by atoms with Gasteiger partial charge >= 0.3 is 0 Å². The van der Waals surface area contributed by atoms with Crippen molar-refractivity contribution < 1.29 is 19.5 Å². The molecule has 0 amide bonds. The van der Waals surface area contributed by atoms with E-state index in [0.717, 1.165) is 54.8 Å². The van der Waals surface area contributed by atoms with Crippen molar-refractivity contribution in [2.45, 2.75) is 0 Å². The van der Waals surface area contributed by atoms with Crippen molar-refractivity contribution in [1.29, 1.82) is 0 Å². The number of aromatic nitrogens is 1. The molecule has 0 atom stereocenters. The van der Waals surface area contributed by atoms with Gasteiger partial charge in [0.2, 0.25) is 12.4 Å². The van der Waals surface area contributed by atoms with Crippen LogP contribution in [0.2, 0.25) is 0 Å². The summed E-state index contributed by atoms with van der Waals surface area (Å²) in [5, 5.41) is 14.5. The Kier molecular flexibility index (Phi) is 4.60. The number of pyridine rings is 1. The molecule has 0 radical (unpaired) electrons. The summed E-state index contributed by atoms with van der Waals surface area (Å²) in [6.45, 7) is 0. The average molecular weight is 406 g/mol. The Morgan fingerprint density at radius 1 is 0.806 bits per heavy atom. The lowest BCUT2D eigenvalue weighted by Crippen LogP contribution is -2.28. The van der Waals surface area contributed by atoms with E-state index in [2.05, 4.69) is 30.3 Å². The van der Waals surface area contributed by atoms with Crippen molar-refractivity contribution in [3.63, 3.8) is 0 Å². The molecule has 31 heavy (non-hydrogen) atoms. The number of carbonyl (C=O) groups excluding carboxylic acids is 1. The van der Waals surface area contributed by atoms with Gasteiger partial charge in [0.15, 0.2) is 6.29 Å². The van der Waals surface area contributed by atoms with Gasteiger partial charge in [-0.2, -0.15) is 0 Å². The summed E-state index contributed by atoms with van der Waals surface area (Å²) in [6.07, 6.45) is 4.25. The SMILES string of the molecule is COc1ccc(-c2cccc3cccc(-c4c[n+](O)cc5ccccc45)c23)cc1C=O. The van der Waals surface area contributed by atoms with Crippen LogP contribution in [-0.2, 0) is 0 Å². The van der Waals surface area contributed by atoms with Crippen molar-refractivity contribution >= 4 is 27.8 Å². The van der Waals surface area contributed by atoms with Crippen molar-refractivity contribution in [1.82, 2.24) is 0 Å². The molecule has 5 rings (SSSR count). The van der Waals surface area contributed by atoms with Gasteiger partial charge in [-0.15, -0.1) is 0 Å². The zero-order valence-corrected chi connectivity index (χ0v) is 16.9. The molecule has 4 nitrogen and oxygen atoms in total. The molecule has 0 spiro atoms. The summed E-state index contributed by atoms with van der Waals surface area (Å²) in [7, 11) is 1.56. The number of hydrogen-bond acceptors (Lipinski definition) is 3. The van der Waals surface area contributed by atoms with Crippen LogP contribution in [0.3, 0.4) is 0 Å². The number of aldehydes is 1. The molecule has 0 saturated carbocycles. The van der Waals surface area contributed by atoms with Crippen LogP contribution in [-0.4, -0.2) is 18.6 Å². The van der Waals surface area contributed by atoms with Crippen molar-refractivity contribution in [3.8, 4) is 28.0 Å². The van der Waals surface area contributed by atoms with E-state index in [0.29, 0.717) is 11.3 Å². The summed E-state index contributed by atoms with van der Waals surface area (Å²) in [6, 6.07) is 25.9. The van der Waals surface area contributed by atoms with Crippen molar-refractivity contribution in [2.24, 2.45) is 0 Å². The van der Waals surface area contributed by atoms with Gasteiger partial charge in [-0.05, 0) is 45.7 Å². The predicted octanol–water partition coefficient (Wildman–Crippen LogP) is 5.67. The van der Waals surface area contributed by atoms with Crippen LogP contribution < -0.4 is 9.47 Å². The first-order chi connectivity index (χ1) is 15.2. The highest BCUT2D eigenvalue weighted by Crippen LogP contribution is 2.39. The van der Waals surface area contributed by atoms with E-state index in [4.69, 9.17) is 4.74 Å². The second kappa shape index (κ2) is 7.58. The second-order valence-corrected chi connectivity index (χ2v) is 7.42. The normalized spacial score (nSPS) is 11.0. The average Bonchev–Trinajstić information content (AvgIpc) is 2.82. The maximum atomic E-state index is 11.6. The highest BCUT2D eigenvalue weighted by molar-refractivity contribution is 6.10. The molecule has 1 aromatic heterocycles. The molecule has 4 heteroatoms. The lowest BCUT2D eigenvalue weighted by atomic mass is 9.90. The van der Waals surface area contributed by atoms with Gasteiger partial charge in [0.25, 0.3) is 0 Å². The summed E-state index contributed by atoms with van der Waals surface area (Å²) in [5.41, 5.74) is 4.39. The summed E-state index contributed by atoms with van der Waals surface area (Å²) in [4.78, 5) is 11.6. The van der Waals surface area contributed by atoms with Crippen molar-refractivity contribution in [3.05, 3.63) is 96.8 Å². The minimum Gasteiger partial charge on any atom is -0.496 e. The predicted molar refractivity (Wildman–Crippen MR) is 122 cm³/mol. The van der Waals surface area contributed by atoms with Gasteiger partial charge in [0, 0.05) is 10.1 Å². The Morgan fingerprint density at radius 2 is 1.55 bits per heavy atom. The van der Waals surface area contributed by atoms with Gasteiger partial charge in [0.1, 0.15) is 5.75 Å². The number of nitrogens with zero attached hydrogens (tertiary/aromatic N) is 1. The van der Waals surface area contributed by atoms with Crippen LogP contribution in [0.1, 0.15) is 10.4 Å². The fourth-order valence-corrected chi connectivity index (χ4v) is 4.25. The monoisotopic (exact) mass is 406 g/mol. The minimum atomic E-state index is 0.507. The standard InChI is InChI=1S/C27H20NO3/c1-31-26-13-12-19(14-21(26)17-29)23-10-4-7-18-8-5-11-24(27(18)23)25-16-28(30)15-20-6-2-3-9-22(20)25/h2-17,30H,1H3/q+1. The van der Waals surface area contributed by atoms with E-state index in [-0.39, 0.29) is 0 Å². The Bertz CT molecular complexity index is 1450. The summed E-state index contributed by atoms with van der Waals surface area (Å²) < 4.78 is 6.42. The van der Waals surface area contributed by atoms with E-state index < -0.39 is 0 Å². The van der Waals surface area contributed by atoms with E-state index in [1.807, 2.05) is 48.5 Å². The molecule has 0 aliphatic rings. The molecular formula is C27H20NO3+. The topological polar surface area (TPSA) is 50.4 Å². The highest BCUT2D eigenvalue weighted by Gasteiger charge is 2.17. The summed E-state index contributed by atoms with van der Waals surface area (Å²) >= 11 is 0. The summed E-state index contributed by atoms with van der Waals surface area (Å²) in [5.74, 6) is 0.551. The largest absolute Gasteiger partial charge is 0.496 e. The number of rotatable bonds is 4. The first kappa shape index (κ1) is 18.8.